The highest BCUT2D eigenvalue weighted by Crippen LogP contribution is 2.36. The maximum atomic E-state index is 12.7. The Hall–Kier alpha value is -3.29. The van der Waals surface area contributed by atoms with Crippen molar-refractivity contribution >= 4 is 29.3 Å². The van der Waals surface area contributed by atoms with Crippen molar-refractivity contribution in [2.75, 3.05) is 17.3 Å². The molecule has 1 aliphatic heterocycles. The van der Waals surface area contributed by atoms with Crippen LogP contribution >= 0.6 is 0 Å². The number of amides is 1. The van der Waals surface area contributed by atoms with Crippen LogP contribution in [0.1, 0.15) is 29.8 Å². The molecule has 1 aliphatic rings. The number of hydrogen-bond acceptors (Lipinski definition) is 4. The van der Waals surface area contributed by atoms with Crippen molar-refractivity contribution in [1.82, 2.24) is 0 Å². The van der Waals surface area contributed by atoms with Crippen LogP contribution in [0, 0.1) is 0 Å². The van der Waals surface area contributed by atoms with Crippen molar-refractivity contribution in [3.63, 3.8) is 0 Å². The lowest BCUT2D eigenvalue weighted by Gasteiger charge is -2.32. The van der Waals surface area contributed by atoms with Gasteiger partial charge in [-0.15, -0.1) is 0 Å². The molecule has 0 radical (unpaired) electrons. The van der Waals surface area contributed by atoms with E-state index in [0.717, 1.165) is 6.08 Å². The predicted molar refractivity (Wildman–Crippen MR) is 104 cm³/mol. The van der Waals surface area contributed by atoms with E-state index in [-0.39, 0.29) is 12.0 Å². The molecule has 0 fully saturated rings. The van der Waals surface area contributed by atoms with Crippen molar-refractivity contribution in [3.8, 4) is 5.75 Å². The van der Waals surface area contributed by atoms with Crippen molar-refractivity contribution in [3.05, 3.63) is 59.7 Å². The minimum atomic E-state index is -4.39. The summed E-state index contributed by atoms with van der Waals surface area (Å²) in [6.45, 7) is 3.38. The van der Waals surface area contributed by atoms with Gasteiger partial charge in [-0.05, 0) is 49.7 Å². The van der Waals surface area contributed by atoms with Crippen LogP contribution in [-0.4, -0.2) is 30.6 Å². The Morgan fingerprint density at radius 3 is 2.41 bits per heavy atom. The molecule has 0 saturated carbocycles. The highest BCUT2D eigenvalue weighted by molar-refractivity contribution is 6.06. The number of carbonyl (C=O) groups is 2. The summed E-state index contributed by atoms with van der Waals surface area (Å²) in [6.07, 6.45) is -3.31. The fourth-order valence-electron chi connectivity index (χ4n) is 2.77. The summed E-state index contributed by atoms with van der Waals surface area (Å²) in [4.78, 5) is 26.1. The molecule has 0 saturated heterocycles. The molecule has 0 atom stereocenters. The average molecular weight is 404 g/mol. The summed E-state index contributed by atoms with van der Waals surface area (Å²) in [5.41, 5.74) is 0.918. The summed E-state index contributed by atoms with van der Waals surface area (Å²) in [5.74, 6) is -0.357. The molecule has 0 spiro atoms. The van der Waals surface area contributed by atoms with Gasteiger partial charge in [-0.1, -0.05) is 18.2 Å². The maximum Gasteiger partial charge on any atom is 0.409 e. The molecule has 8 heteroatoms. The molecule has 3 rings (SSSR count). The van der Waals surface area contributed by atoms with E-state index in [9.17, 15) is 22.8 Å². The molecule has 29 heavy (non-hydrogen) atoms. The van der Waals surface area contributed by atoms with Gasteiger partial charge in [0.2, 0.25) is 0 Å². The van der Waals surface area contributed by atoms with E-state index in [0.29, 0.717) is 28.3 Å². The summed E-state index contributed by atoms with van der Waals surface area (Å²) < 4.78 is 42.1. The van der Waals surface area contributed by atoms with Crippen molar-refractivity contribution < 1.29 is 27.5 Å². The van der Waals surface area contributed by atoms with E-state index in [1.165, 1.54) is 29.2 Å². The van der Waals surface area contributed by atoms with Crippen molar-refractivity contribution in [1.29, 1.82) is 0 Å². The van der Waals surface area contributed by atoms with E-state index in [2.05, 4.69) is 5.32 Å². The van der Waals surface area contributed by atoms with Crippen LogP contribution in [0.2, 0.25) is 0 Å². The van der Waals surface area contributed by atoms with Crippen molar-refractivity contribution in [2.45, 2.75) is 25.6 Å². The van der Waals surface area contributed by atoms with Crippen LogP contribution in [0.4, 0.5) is 24.5 Å². The number of benzene rings is 2. The van der Waals surface area contributed by atoms with Crippen LogP contribution in [0.3, 0.4) is 0 Å². The summed E-state index contributed by atoms with van der Waals surface area (Å²) in [5, 5.41) is 3.08. The number of hydrogen-bond donors (Lipinski definition) is 1. The fourth-order valence-corrected chi connectivity index (χ4v) is 2.77. The molecule has 1 amide bonds. The predicted octanol–water partition coefficient (Wildman–Crippen LogP) is 4.65. The molecule has 1 N–H and O–H groups in total. The zero-order chi connectivity index (χ0) is 21.4. The fraction of sp³-hybridized carbons (Fsp3) is 0.238. The average Bonchev–Trinajstić information content (AvgIpc) is 2.65. The summed E-state index contributed by atoms with van der Waals surface area (Å²) in [7, 11) is 1.58. The quantitative estimate of drug-likeness (QED) is 0.598. The number of rotatable bonds is 3. The number of halogens is 3. The normalized spacial score (nSPS) is 15.4. The number of fused-ring (bicyclic) bond motifs is 1. The van der Waals surface area contributed by atoms with Gasteiger partial charge in [0.25, 0.3) is 5.91 Å². The van der Waals surface area contributed by atoms with Gasteiger partial charge in [0.05, 0.1) is 5.69 Å². The third-order valence-electron chi connectivity index (χ3n) is 4.44. The number of anilines is 2. The van der Waals surface area contributed by atoms with E-state index >= 15 is 0 Å². The van der Waals surface area contributed by atoms with Crippen LogP contribution < -0.4 is 15.0 Å². The molecule has 2 aromatic carbocycles. The van der Waals surface area contributed by atoms with Crippen LogP contribution in [0.25, 0.3) is 6.08 Å². The highest BCUT2D eigenvalue weighted by Gasteiger charge is 2.35. The van der Waals surface area contributed by atoms with Gasteiger partial charge in [0, 0.05) is 24.4 Å². The van der Waals surface area contributed by atoms with E-state index in [4.69, 9.17) is 4.74 Å². The van der Waals surface area contributed by atoms with Crippen LogP contribution in [0.15, 0.2) is 48.5 Å². The Kier molecular flexibility index (Phi) is 5.13. The van der Waals surface area contributed by atoms with Gasteiger partial charge in [-0.25, -0.2) is 4.79 Å². The van der Waals surface area contributed by atoms with E-state index < -0.39 is 17.7 Å². The Bertz CT molecular complexity index is 980. The Morgan fingerprint density at radius 2 is 1.79 bits per heavy atom. The zero-order valence-corrected chi connectivity index (χ0v) is 16.0. The summed E-state index contributed by atoms with van der Waals surface area (Å²) >= 11 is 0. The first-order chi connectivity index (χ1) is 13.5. The van der Waals surface area contributed by atoms with Gasteiger partial charge in [0.15, 0.2) is 5.75 Å². The lowest BCUT2D eigenvalue weighted by molar-refractivity contribution is -0.139. The largest absolute Gasteiger partial charge is 0.423 e. The highest BCUT2D eigenvalue weighted by atomic mass is 19.4. The number of nitrogens with one attached hydrogen (secondary N) is 1. The first-order valence-electron chi connectivity index (χ1n) is 8.75. The van der Waals surface area contributed by atoms with Gasteiger partial charge in [0.1, 0.15) is 5.54 Å². The number of carbonyl (C=O) groups excluding carboxylic acids is 2. The Labute approximate surface area is 165 Å². The third kappa shape index (κ3) is 4.59. The number of nitrogens with zero attached hydrogens (tertiary/aromatic N) is 1. The molecule has 0 aliphatic carbocycles. The number of allylic oxidation sites excluding steroid dienone is 1. The number of esters is 1. The standard InChI is InChI=1S/C21H19F3N2O3/c1-20(2)19(28)29-17-9-8-15(12-16(17)25-20)26(3)18(27)14-6-4-13(5-7-14)10-11-21(22,23)24/h4-12,25H,1-3H3/b11-10+. The van der Waals surface area contributed by atoms with Crippen molar-refractivity contribution in [2.24, 2.45) is 0 Å². The second-order valence-electron chi connectivity index (χ2n) is 7.18. The molecule has 5 nitrogen and oxygen atoms in total. The topological polar surface area (TPSA) is 58.6 Å². The number of ether oxygens (including phenoxy) is 1. The first-order valence-corrected chi connectivity index (χ1v) is 8.75. The molecular weight excluding hydrogens is 385 g/mol. The van der Waals surface area contributed by atoms with Gasteiger partial charge < -0.3 is 15.0 Å². The summed E-state index contributed by atoms with van der Waals surface area (Å²) in [6, 6.07) is 10.8. The number of alkyl halides is 3. The molecule has 0 bridgehead atoms. The molecule has 0 aromatic heterocycles. The Morgan fingerprint density at radius 1 is 1.14 bits per heavy atom. The second kappa shape index (κ2) is 7.27. The third-order valence-corrected chi connectivity index (χ3v) is 4.44. The maximum absolute atomic E-state index is 12.7. The lowest BCUT2D eigenvalue weighted by atomic mass is 10.0. The molecule has 2 aromatic rings. The monoisotopic (exact) mass is 404 g/mol. The molecular formula is C21H19F3N2O3. The SMILES string of the molecule is CN(C(=O)c1ccc(/C=C/C(F)(F)F)cc1)c1ccc2c(c1)NC(C)(C)C(=O)O2. The van der Waals surface area contributed by atoms with Gasteiger partial charge >= 0.3 is 12.1 Å². The van der Waals surface area contributed by atoms with Gasteiger partial charge in [-0.3, -0.25) is 4.79 Å². The zero-order valence-electron chi connectivity index (χ0n) is 16.0. The minimum absolute atomic E-state index is 0.143. The van der Waals surface area contributed by atoms with Gasteiger partial charge in [-0.2, -0.15) is 13.2 Å². The molecule has 152 valence electrons. The second-order valence-corrected chi connectivity index (χ2v) is 7.18. The first kappa shape index (κ1) is 20.4. The minimum Gasteiger partial charge on any atom is -0.423 e. The lowest BCUT2D eigenvalue weighted by Crippen LogP contribution is -2.46. The molecule has 0 unspecified atom stereocenters. The smallest absolute Gasteiger partial charge is 0.409 e. The van der Waals surface area contributed by atoms with E-state index in [1.54, 1.807) is 39.1 Å². The van der Waals surface area contributed by atoms with E-state index in [1.807, 2.05) is 0 Å². The Balaban J connectivity index is 1.79. The van der Waals surface area contributed by atoms with Crippen LogP contribution in [-0.2, 0) is 4.79 Å². The molecule has 1 heterocycles. The van der Waals surface area contributed by atoms with Crippen LogP contribution in [0.5, 0.6) is 5.75 Å².